The van der Waals surface area contributed by atoms with Crippen LogP contribution in [0.5, 0.6) is 0 Å². The standard InChI is InChI=1S/C22H17N3O2/c1-24(16-10-4-2-5-11-16)22(27)20-18-14-8-9-15-19(18)21(26)25(23-20)17-12-6-3-7-13-17/h2-15H,1H3. The summed E-state index contributed by atoms with van der Waals surface area (Å²) in [6.07, 6.45) is 0. The molecule has 0 aliphatic heterocycles. The summed E-state index contributed by atoms with van der Waals surface area (Å²) in [6, 6.07) is 25.5. The molecule has 4 aromatic rings. The van der Waals surface area contributed by atoms with Gasteiger partial charge in [-0.3, -0.25) is 9.59 Å². The smallest absolute Gasteiger partial charge is 0.279 e. The third-order valence-electron chi connectivity index (χ3n) is 4.46. The Bertz CT molecular complexity index is 1170. The number of hydrogen-bond donors (Lipinski definition) is 0. The van der Waals surface area contributed by atoms with Crippen molar-refractivity contribution in [3.63, 3.8) is 0 Å². The van der Waals surface area contributed by atoms with Gasteiger partial charge in [0.25, 0.3) is 11.5 Å². The number of amides is 1. The van der Waals surface area contributed by atoms with Crippen LogP contribution in [0.2, 0.25) is 0 Å². The Morgan fingerprint density at radius 1 is 0.815 bits per heavy atom. The largest absolute Gasteiger partial charge is 0.310 e. The first-order chi connectivity index (χ1) is 13.2. The molecule has 0 fully saturated rings. The Balaban J connectivity index is 1.93. The van der Waals surface area contributed by atoms with Gasteiger partial charge >= 0.3 is 0 Å². The number of aromatic nitrogens is 2. The highest BCUT2D eigenvalue weighted by atomic mass is 16.2. The monoisotopic (exact) mass is 355 g/mol. The van der Waals surface area contributed by atoms with Gasteiger partial charge in [-0.05, 0) is 30.3 Å². The van der Waals surface area contributed by atoms with Gasteiger partial charge in [-0.15, -0.1) is 0 Å². The molecule has 132 valence electrons. The predicted octanol–water partition coefficient (Wildman–Crippen LogP) is 3.66. The molecule has 27 heavy (non-hydrogen) atoms. The van der Waals surface area contributed by atoms with Gasteiger partial charge in [0.15, 0.2) is 5.69 Å². The van der Waals surface area contributed by atoms with E-state index in [1.165, 1.54) is 9.58 Å². The number of hydrogen-bond acceptors (Lipinski definition) is 3. The van der Waals surface area contributed by atoms with Gasteiger partial charge in [0.1, 0.15) is 0 Å². The van der Waals surface area contributed by atoms with Crippen LogP contribution in [0.15, 0.2) is 89.7 Å². The fourth-order valence-electron chi connectivity index (χ4n) is 3.02. The van der Waals surface area contributed by atoms with Gasteiger partial charge in [0, 0.05) is 18.1 Å². The Morgan fingerprint density at radius 3 is 2.04 bits per heavy atom. The van der Waals surface area contributed by atoms with Gasteiger partial charge in [0.05, 0.1) is 11.1 Å². The molecule has 5 heteroatoms. The fraction of sp³-hybridized carbons (Fsp3) is 0.0455. The second-order valence-electron chi connectivity index (χ2n) is 6.15. The molecule has 0 atom stereocenters. The number of carbonyl (C=O) groups excluding carboxylic acids is 1. The minimum Gasteiger partial charge on any atom is -0.310 e. The van der Waals surface area contributed by atoms with E-state index in [0.717, 1.165) is 5.69 Å². The van der Waals surface area contributed by atoms with Gasteiger partial charge in [-0.2, -0.15) is 9.78 Å². The van der Waals surface area contributed by atoms with E-state index < -0.39 is 0 Å². The predicted molar refractivity (Wildman–Crippen MR) is 107 cm³/mol. The molecule has 0 spiro atoms. The van der Waals surface area contributed by atoms with Crippen molar-refractivity contribution in [2.24, 2.45) is 0 Å². The Kier molecular flexibility index (Phi) is 4.26. The molecule has 5 nitrogen and oxygen atoms in total. The maximum Gasteiger partial charge on any atom is 0.279 e. The average molecular weight is 355 g/mol. The highest BCUT2D eigenvalue weighted by Crippen LogP contribution is 2.19. The number of para-hydroxylation sites is 2. The quantitative estimate of drug-likeness (QED) is 0.563. The molecule has 0 aliphatic carbocycles. The molecule has 0 N–H and O–H groups in total. The van der Waals surface area contributed by atoms with Crippen LogP contribution < -0.4 is 10.5 Å². The molecule has 0 unspecified atom stereocenters. The van der Waals surface area contributed by atoms with E-state index in [2.05, 4.69) is 5.10 Å². The van der Waals surface area contributed by atoms with Crippen LogP contribution in [0.4, 0.5) is 5.69 Å². The topological polar surface area (TPSA) is 55.2 Å². The third kappa shape index (κ3) is 3.00. The molecule has 0 bridgehead atoms. The zero-order valence-electron chi connectivity index (χ0n) is 14.7. The van der Waals surface area contributed by atoms with Crippen LogP contribution in [-0.4, -0.2) is 22.7 Å². The fourth-order valence-corrected chi connectivity index (χ4v) is 3.02. The highest BCUT2D eigenvalue weighted by Gasteiger charge is 2.21. The molecule has 4 rings (SSSR count). The molecule has 1 aromatic heterocycles. The Labute approximate surface area is 156 Å². The SMILES string of the molecule is CN(C(=O)c1nn(-c2ccccc2)c(=O)c2ccccc12)c1ccccc1. The number of rotatable bonds is 3. The lowest BCUT2D eigenvalue weighted by Gasteiger charge is -2.18. The molecule has 3 aromatic carbocycles. The van der Waals surface area contributed by atoms with Crippen LogP contribution in [0.3, 0.4) is 0 Å². The van der Waals surface area contributed by atoms with E-state index in [-0.39, 0.29) is 17.2 Å². The van der Waals surface area contributed by atoms with E-state index >= 15 is 0 Å². The van der Waals surface area contributed by atoms with Crippen LogP contribution in [0, 0.1) is 0 Å². The summed E-state index contributed by atoms with van der Waals surface area (Å²) in [5.74, 6) is -0.276. The zero-order valence-corrected chi connectivity index (χ0v) is 14.7. The lowest BCUT2D eigenvalue weighted by atomic mass is 10.1. The Hall–Kier alpha value is -3.73. The first-order valence-electron chi connectivity index (χ1n) is 8.57. The maximum absolute atomic E-state index is 13.2. The summed E-state index contributed by atoms with van der Waals surface area (Å²) in [6.45, 7) is 0. The lowest BCUT2D eigenvalue weighted by molar-refractivity contribution is 0.0988. The molecule has 0 saturated carbocycles. The molecule has 0 aliphatic rings. The summed E-state index contributed by atoms with van der Waals surface area (Å²) in [5, 5.41) is 5.43. The maximum atomic E-state index is 13.2. The van der Waals surface area contributed by atoms with Crippen LogP contribution in [-0.2, 0) is 0 Å². The number of carbonyl (C=O) groups is 1. The summed E-state index contributed by atoms with van der Waals surface area (Å²) in [4.78, 5) is 27.7. The van der Waals surface area contributed by atoms with Crippen LogP contribution in [0.1, 0.15) is 10.5 Å². The van der Waals surface area contributed by atoms with Crippen LogP contribution >= 0.6 is 0 Å². The molecular weight excluding hydrogens is 338 g/mol. The zero-order chi connectivity index (χ0) is 18.8. The molecule has 0 radical (unpaired) electrons. The van der Waals surface area contributed by atoms with Gasteiger partial charge < -0.3 is 4.90 Å². The van der Waals surface area contributed by atoms with Crippen molar-refractivity contribution in [1.29, 1.82) is 0 Å². The number of anilines is 1. The van der Waals surface area contributed by atoms with Crippen molar-refractivity contribution < 1.29 is 4.79 Å². The van der Waals surface area contributed by atoms with E-state index in [1.807, 2.05) is 48.5 Å². The normalized spacial score (nSPS) is 10.7. The van der Waals surface area contributed by atoms with Crippen molar-refractivity contribution in [3.8, 4) is 5.69 Å². The minimum atomic E-state index is -0.276. The van der Waals surface area contributed by atoms with Crippen LogP contribution in [0.25, 0.3) is 16.5 Å². The molecule has 1 heterocycles. The summed E-state index contributed by atoms with van der Waals surface area (Å²) >= 11 is 0. The van der Waals surface area contributed by atoms with Crippen molar-refractivity contribution in [1.82, 2.24) is 9.78 Å². The molecule has 0 saturated heterocycles. The summed E-state index contributed by atoms with van der Waals surface area (Å²) < 4.78 is 1.29. The number of fused-ring (bicyclic) bond motifs is 1. The van der Waals surface area contributed by atoms with Crippen molar-refractivity contribution in [3.05, 3.63) is 101 Å². The molecule has 1 amide bonds. The summed E-state index contributed by atoms with van der Waals surface area (Å²) in [5.41, 5.74) is 1.35. The van der Waals surface area contributed by atoms with Crippen molar-refractivity contribution in [2.45, 2.75) is 0 Å². The number of nitrogens with zero attached hydrogens (tertiary/aromatic N) is 3. The highest BCUT2D eigenvalue weighted by molar-refractivity contribution is 6.12. The third-order valence-corrected chi connectivity index (χ3v) is 4.46. The summed E-state index contributed by atoms with van der Waals surface area (Å²) in [7, 11) is 1.70. The molecular formula is C22H17N3O2. The first kappa shape index (κ1) is 16.7. The Morgan fingerprint density at radius 2 is 1.37 bits per heavy atom. The van der Waals surface area contributed by atoms with Crippen molar-refractivity contribution in [2.75, 3.05) is 11.9 Å². The van der Waals surface area contributed by atoms with Gasteiger partial charge in [-0.1, -0.05) is 54.6 Å². The minimum absolute atomic E-state index is 0.236. The average Bonchev–Trinajstić information content (AvgIpc) is 2.74. The second-order valence-corrected chi connectivity index (χ2v) is 6.15. The van der Waals surface area contributed by atoms with Gasteiger partial charge in [-0.25, -0.2) is 0 Å². The number of benzene rings is 3. The lowest BCUT2D eigenvalue weighted by Crippen LogP contribution is -2.31. The van der Waals surface area contributed by atoms with Crippen molar-refractivity contribution >= 4 is 22.4 Å². The second kappa shape index (κ2) is 6.88. The van der Waals surface area contributed by atoms with E-state index in [4.69, 9.17) is 0 Å². The van der Waals surface area contributed by atoms with Gasteiger partial charge in [0.2, 0.25) is 0 Å². The van der Waals surface area contributed by atoms with E-state index in [0.29, 0.717) is 16.5 Å². The first-order valence-corrected chi connectivity index (χ1v) is 8.57. The van der Waals surface area contributed by atoms with E-state index in [9.17, 15) is 9.59 Å². The van der Waals surface area contributed by atoms with E-state index in [1.54, 1.807) is 43.4 Å².